The van der Waals surface area contributed by atoms with Crippen molar-refractivity contribution in [1.29, 1.82) is 0 Å². The molecule has 0 amide bonds. The van der Waals surface area contributed by atoms with E-state index in [2.05, 4.69) is 4.98 Å². The van der Waals surface area contributed by atoms with Gasteiger partial charge in [-0.05, 0) is 18.2 Å². The molecule has 0 aliphatic heterocycles. The highest BCUT2D eigenvalue weighted by atomic mass is 35.5. The third kappa shape index (κ3) is 3.25. The fraction of sp³-hybridized carbons (Fsp3) is 0.0833. The van der Waals surface area contributed by atoms with Crippen molar-refractivity contribution in [2.75, 3.05) is 0 Å². The van der Waals surface area contributed by atoms with Crippen LogP contribution in [0.15, 0.2) is 30.5 Å². The van der Waals surface area contributed by atoms with E-state index < -0.39 is 5.82 Å². The molecular formula is C12H7Cl3FNO. The highest BCUT2D eigenvalue weighted by Crippen LogP contribution is 2.23. The number of pyridine rings is 1. The molecule has 0 fully saturated rings. The molecule has 6 heteroatoms. The van der Waals surface area contributed by atoms with E-state index in [4.69, 9.17) is 39.5 Å². The first-order valence-electron chi connectivity index (χ1n) is 4.94. The molecule has 0 aliphatic carbocycles. The van der Waals surface area contributed by atoms with Crippen LogP contribution in [0.1, 0.15) is 5.56 Å². The first-order chi connectivity index (χ1) is 8.56. The van der Waals surface area contributed by atoms with E-state index in [0.717, 1.165) is 0 Å². The van der Waals surface area contributed by atoms with Crippen LogP contribution >= 0.6 is 34.8 Å². The van der Waals surface area contributed by atoms with Gasteiger partial charge < -0.3 is 4.74 Å². The second-order valence-electron chi connectivity index (χ2n) is 3.46. The fourth-order valence-electron chi connectivity index (χ4n) is 1.27. The first-order valence-corrected chi connectivity index (χ1v) is 6.07. The predicted molar refractivity (Wildman–Crippen MR) is 70.0 cm³/mol. The lowest BCUT2D eigenvalue weighted by Gasteiger charge is -2.08. The minimum atomic E-state index is -0.533. The van der Waals surface area contributed by atoms with Gasteiger partial charge in [-0.15, -0.1) is 0 Å². The van der Waals surface area contributed by atoms with Crippen LogP contribution in [0.3, 0.4) is 0 Å². The zero-order valence-electron chi connectivity index (χ0n) is 8.96. The minimum absolute atomic E-state index is 0.0496. The van der Waals surface area contributed by atoms with Crippen LogP contribution in [0.4, 0.5) is 4.39 Å². The Morgan fingerprint density at radius 2 is 1.89 bits per heavy atom. The lowest BCUT2D eigenvalue weighted by Crippen LogP contribution is -1.97. The van der Waals surface area contributed by atoms with Crippen molar-refractivity contribution in [3.8, 4) is 5.75 Å². The lowest BCUT2D eigenvalue weighted by molar-refractivity contribution is 0.304. The van der Waals surface area contributed by atoms with Crippen LogP contribution in [0.25, 0.3) is 0 Å². The zero-order chi connectivity index (χ0) is 13.1. The Bertz CT molecular complexity index is 577. The lowest BCUT2D eigenvalue weighted by atomic mass is 10.3. The predicted octanol–water partition coefficient (Wildman–Crippen LogP) is 4.76. The topological polar surface area (TPSA) is 22.1 Å². The van der Waals surface area contributed by atoms with Gasteiger partial charge in [-0.25, -0.2) is 9.37 Å². The number of nitrogens with zero attached hydrogens (tertiary/aromatic N) is 1. The largest absolute Gasteiger partial charge is 0.489 e. The van der Waals surface area contributed by atoms with Gasteiger partial charge in [0.15, 0.2) is 0 Å². The molecule has 0 spiro atoms. The molecule has 0 N–H and O–H groups in total. The van der Waals surface area contributed by atoms with Crippen molar-refractivity contribution in [1.82, 2.24) is 4.98 Å². The average molecular weight is 307 g/mol. The minimum Gasteiger partial charge on any atom is -0.489 e. The normalized spacial score (nSPS) is 10.4. The maximum atomic E-state index is 13.2. The molecule has 0 saturated heterocycles. The molecule has 0 bridgehead atoms. The summed E-state index contributed by atoms with van der Waals surface area (Å²) in [6.07, 6.45) is 1.51. The maximum Gasteiger partial charge on any atom is 0.145 e. The van der Waals surface area contributed by atoms with E-state index >= 15 is 0 Å². The molecule has 0 aliphatic rings. The van der Waals surface area contributed by atoms with Crippen LogP contribution in [-0.2, 0) is 6.61 Å². The Morgan fingerprint density at radius 1 is 1.11 bits per heavy atom. The summed E-state index contributed by atoms with van der Waals surface area (Å²) >= 11 is 17.2. The van der Waals surface area contributed by atoms with E-state index in [1.807, 2.05) is 0 Å². The standard InChI is InChI=1S/C12H7Cl3FNO/c13-9-2-1-8(3-11(9)16)18-6-7-5-17-12(15)4-10(7)14/h1-5H,6H2. The van der Waals surface area contributed by atoms with Crippen LogP contribution in [0.5, 0.6) is 5.75 Å². The zero-order valence-corrected chi connectivity index (χ0v) is 11.2. The SMILES string of the molecule is Fc1cc(OCc2cnc(Cl)cc2Cl)ccc1Cl. The molecule has 2 aromatic rings. The number of aromatic nitrogens is 1. The molecule has 1 aromatic heterocycles. The highest BCUT2D eigenvalue weighted by molar-refractivity contribution is 6.34. The number of benzene rings is 1. The molecule has 0 radical (unpaired) electrons. The molecule has 94 valence electrons. The van der Waals surface area contributed by atoms with Crippen LogP contribution in [0, 0.1) is 5.82 Å². The molecule has 1 aromatic carbocycles. The summed E-state index contributed by atoms with van der Waals surface area (Å²) in [6, 6.07) is 5.72. The number of halogens is 4. The second kappa shape index (κ2) is 5.74. The smallest absolute Gasteiger partial charge is 0.145 e. The Kier molecular flexibility index (Phi) is 4.27. The molecule has 0 atom stereocenters. The van der Waals surface area contributed by atoms with E-state index in [-0.39, 0.29) is 11.6 Å². The van der Waals surface area contributed by atoms with Crippen molar-refractivity contribution >= 4 is 34.8 Å². The van der Waals surface area contributed by atoms with Crippen molar-refractivity contribution < 1.29 is 9.13 Å². The van der Waals surface area contributed by atoms with E-state index in [1.54, 1.807) is 6.07 Å². The molecule has 0 saturated carbocycles. The third-order valence-electron chi connectivity index (χ3n) is 2.18. The Morgan fingerprint density at radius 3 is 2.56 bits per heavy atom. The summed E-state index contributed by atoms with van der Waals surface area (Å²) in [7, 11) is 0. The second-order valence-corrected chi connectivity index (χ2v) is 4.66. The van der Waals surface area contributed by atoms with Crippen LogP contribution < -0.4 is 4.74 Å². The van der Waals surface area contributed by atoms with Gasteiger partial charge in [0.05, 0.1) is 10.0 Å². The number of rotatable bonds is 3. The van der Waals surface area contributed by atoms with Gasteiger partial charge in [0.1, 0.15) is 23.3 Å². The number of hydrogen-bond acceptors (Lipinski definition) is 2. The van der Waals surface area contributed by atoms with Crippen molar-refractivity contribution in [2.24, 2.45) is 0 Å². The first kappa shape index (κ1) is 13.4. The summed E-state index contributed by atoms with van der Waals surface area (Å²) in [4.78, 5) is 3.89. The van der Waals surface area contributed by atoms with E-state index in [0.29, 0.717) is 21.5 Å². The quantitative estimate of drug-likeness (QED) is 0.763. The monoisotopic (exact) mass is 305 g/mol. The molecule has 1 heterocycles. The summed E-state index contributed by atoms with van der Waals surface area (Å²) in [6.45, 7) is 0.171. The Hall–Kier alpha value is -1.03. The third-order valence-corrected chi connectivity index (χ3v) is 3.05. The molecule has 0 unspecified atom stereocenters. The van der Waals surface area contributed by atoms with Crippen LogP contribution in [0.2, 0.25) is 15.2 Å². The summed E-state index contributed by atoms with van der Waals surface area (Å²) in [5, 5.41) is 0.805. The van der Waals surface area contributed by atoms with Crippen molar-refractivity contribution in [3.63, 3.8) is 0 Å². The number of ether oxygens (including phenoxy) is 1. The van der Waals surface area contributed by atoms with Gasteiger partial charge in [0.25, 0.3) is 0 Å². The Balaban J connectivity index is 2.09. The summed E-state index contributed by atoms with van der Waals surface area (Å²) in [5.41, 5.74) is 0.663. The highest BCUT2D eigenvalue weighted by Gasteiger charge is 2.05. The van der Waals surface area contributed by atoms with Gasteiger partial charge in [-0.1, -0.05) is 34.8 Å². The molecular weight excluding hydrogens is 299 g/mol. The van der Waals surface area contributed by atoms with Gasteiger partial charge >= 0.3 is 0 Å². The number of hydrogen-bond donors (Lipinski definition) is 0. The van der Waals surface area contributed by atoms with Crippen molar-refractivity contribution in [2.45, 2.75) is 6.61 Å². The van der Waals surface area contributed by atoms with Gasteiger partial charge in [-0.3, -0.25) is 0 Å². The van der Waals surface area contributed by atoms with Gasteiger partial charge in [-0.2, -0.15) is 0 Å². The van der Waals surface area contributed by atoms with Crippen molar-refractivity contribution in [3.05, 3.63) is 57.0 Å². The summed E-state index contributed by atoms with van der Waals surface area (Å²) < 4.78 is 18.6. The fourth-order valence-corrected chi connectivity index (χ4v) is 1.81. The Labute approximate surface area is 118 Å². The van der Waals surface area contributed by atoms with Gasteiger partial charge in [0, 0.05) is 17.8 Å². The van der Waals surface area contributed by atoms with Crippen LogP contribution in [-0.4, -0.2) is 4.98 Å². The van der Waals surface area contributed by atoms with E-state index in [1.165, 1.54) is 24.4 Å². The summed E-state index contributed by atoms with van der Waals surface area (Å²) in [5.74, 6) is -0.169. The molecule has 18 heavy (non-hydrogen) atoms. The molecule has 2 rings (SSSR count). The van der Waals surface area contributed by atoms with E-state index in [9.17, 15) is 4.39 Å². The average Bonchev–Trinajstić information content (AvgIpc) is 2.32. The maximum absolute atomic E-state index is 13.2. The molecule has 2 nitrogen and oxygen atoms in total. The van der Waals surface area contributed by atoms with Gasteiger partial charge in [0.2, 0.25) is 0 Å².